The molecule has 0 unspecified atom stereocenters. The predicted octanol–water partition coefficient (Wildman–Crippen LogP) is 6.39. The second-order valence-electron chi connectivity index (χ2n) is 7.90. The number of hydrogen-bond donors (Lipinski definition) is 0. The van der Waals surface area contributed by atoms with Crippen LogP contribution in [0, 0.1) is 0 Å². The van der Waals surface area contributed by atoms with Crippen LogP contribution < -0.4 is 0 Å². The third-order valence-corrected chi connectivity index (χ3v) is 12.1. The zero-order valence-corrected chi connectivity index (χ0v) is 16.8. The second-order valence-corrected chi connectivity index (χ2v) is 18.2. The van der Waals surface area contributed by atoms with E-state index in [4.69, 9.17) is 4.43 Å². The van der Waals surface area contributed by atoms with Crippen molar-refractivity contribution in [2.75, 3.05) is 6.61 Å². The summed E-state index contributed by atoms with van der Waals surface area (Å²) >= 11 is 0. The van der Waals surface area contributed by atoms with Gasteiger partial charge in [-0.1, -0.05) is 57.8 Å². The largest absolute Gasteiger partial charge is 0.418 e. The van der Waals surface area contributed by atoms with Crippen LogP contribution in [0.3, 0.4) is 0 Å². The smallest absolute Gasteiger partial charge is 0.184 e. The highest BCUT2D eigenvalue weighted by Crippen LogP contribution is 2.21. The minimum absolute atomic E-state index is 0.960. The van der Waals surface area contributed by atoms with Gasteiger partial charge in [0.05, 0.1) is 0 Å². The molecule has 120 valence electrons. The molecule has 0 saturated carbocycles. The maximum Gasteiger partial charge on any atom is 0.184 e. The van der Waals surface area contributed by atoms with Gasteiger partial charge in [0, 0.05) is 14.7 Å². The minimum Gasteiger partial charge on any atom is -0.418 e. The molecule has 3 heteroatoms. The van der Waals surface area contributed by atoms with E-state index >= 15 is 0 Å². The van der Waals surface area contributed by atoms with Crippen LogP contribution in [0.25, 0.3) is 0 Å². The molecule has 0 aliphatic carbocycles. The predicted molar refractivity (Wildman–Crippen MR) is 98.7 cm³/mol. The minimum atomic E-state index is -1.38. The molecule has 20 heavy (non-hydrogen) atoms. The Hall–Kier alpha value is 0.134. The van der Waals surface area contributed by atoms with Gasteiger partial charge in [0.2, 0.25) is 0 Å². The molecule has 0 atom stereocenters. The van der Waals surface area contributed by atoms with E-state index in [1.54, 1.807) is 0 Å². The normalized spacial score (nSPS) is 12.7. The van der Waals surface area contributed by atoms with Crippen molar-refractivity contribution in [3.05, 3.63) is 12.7 Å². The van der Waals surface area contributed by atoms with Gasteiger partial charge in [0.25, 0.3) is 0 Å². The lowest BCUT2D eigenvalue weighted by Gasteiger charge is -2.29. The van der Waals surface area contributed by atoms with Crippen LogP contribution >= 0.6 is 0 Å². The number of allylic oxidation sites excluding steroid dienone is 1. The van der Waals surface area contributed by atoms with Gasteiger partial charge in [-0.2, -0.15) is 0 Å². The summed E-state index contributed by atoms with van der Waals surface area (Å²) < 4.78 is 6.23. The summed E-state index contributed by atoms with van der Waals surface area (Å²) in [5, 5.41) is 0. The molecule has 0 N–H and O–H groups in total. The second kappa shape index (κ2) is 10.8. The summed E-state index contributed by atoms with van der Waals surface area (Å²) in [6.45, 7) is 16.9. The molecule has 0 aromatic heterocycles. The van der Waals surface area contributed by atoms with E-state index < -0.39 is 16.4 Å². The zero-order valence-electron chi connectivity index (χ0n) is 14.8. The van der Waals surface area contributed by atoms with Gasteiger partial charge in [-0.15, -0.1) is 6.58 Å². The molecule has 0 heterocycles. The lowest BCUT2D eigenvalue weighted by atomic mass is 10.1. The third-order valence-electron chi connectivity index (χ3n) is 3.50. The van der Waals surface area contributed by atoms with Crippen LogP contribution in [0.2, 0.25) is 38.4 Å². The van der Waals surface area contributed by atoms with Crippen LogP contribution in [0.15, 0.2) is 12.7 Å². The molecular formula is C17H38OSi2. The first-order valence-electron chi connectivity index (χ1n) is 8.52. The molecule has 0 radical (unpaired) electrons. The summed E-state index contributed by atoms with van der Waals surface area (Å²) in [7, 11) is -2.34. The van der Waals surface area contributed by atoms with Crippen LogP contribution in [0.5, 0.6) is 0 Å². The fraction of sp³-hybridized carbons (Fsp3) is 0.882. The van der Waals surface area contributed by atoms with Gasteiger partial charge < -0.3 is 4.43 Å². The standard InChI is InChI=1S/C17H38OSi2/c1-7-8-9-10-11-12-13-14-15-16-18-20(5,6)17-19(2,3)4/h7H,1,8-17H2,2-6H3. The van der Waals surface area contributed by atoms with Crippen molar-refractivity contribution in [2.45, 2.75) is 89.8 Å². The maximum atomic E-state index is 6.23. The van der Waals surface area contributed by atoms with Crippen molar-refractivity contribution in [3.8, 4) is 0 Å². The highest BCUT2D eigenvalue weighted by atomic mass is 28.4. The van der Waals surface area contributed by atoms with Gasteiger partial charge in [-0.05, 0) is 38.0 Å². The highest BCUT2D eigenvalue weighted by Gasteiger charge is 2.29. The molecule has 0 spiro atoms. The monoisotopic (exact) mass is 314 g/mol. The van der Waals surface area contributed by atoms with Crippen molar-refractivity contribution in [3.63, 3.8) is 0 Å². The van der Waals surface area contributed by atoms with E-state index in [0.29, 0.717) is 0 Å². The molecule has 0 amide bonds. The Morgan fingerprint density at radius 3 is 1.80 bits per heavy atom. The van der Waals surface area contributed by atoms with Crippen molar-refractivity contribution < 1.29 is 4.43 Å². The van der Waals surface area contributed by atoms with E-state index in [-0.39, 0.29) is 0 Å². The van der Waals surface area contributed by atoms with Gasteiger partial charge >= 0.3 is 0 Å². The molecule has 0 aliphatic heterocycles. The molecular weight excluding hydrogens is 276 g/mol. The van der Waals surface area contributed by atoms with Gasteiger partial charge in [-0.3, -0.25) is 0 Å². The van der Waals surface area contributed by atoms with E-state index in [1.807, 2.05) is 6.08 Å². The first-order chi connectivity index (χ1) is 9.27. The topological polar surface area (TPSA) is 9.23 Å². The van der Waals surface area contributed by atoms with E-state index in [0.717, 1.165) is 6.61 Å². The molecule has 0 rings (SSSR count). The van der Waals surface area contributed by atoms with Crippen molar-refractivity contribution in [2.24, 2.45) is 0 Å². The third kappa shape index (κ3) is 14.5. The fourth-order valence-electron chi connectivity index (χ4n) is 2.95. The van der Waals surface area contributed by atoms with Crippen LogP contribution in [0.4, 0.5) is 0 Å². The van der Waals surface area contributed by atoms with E-state index in [1.165, 1.54) is 57.0 Å². The van der Waals surface area contributed by atoms with Crippen LogP contribution in [0.1, 0.15) is 51.4 Å². The Kier molecular flexibility index (Phi) is 10.9. The SMILES string of the molecule is C=CCCCCCCCCCO[Si](C)(C)C[Si](C)(C)C. The summed E-state index contributed by atoms with van der Waals surface area (Å²) in [6.07, 6.45) is 12.7. The van der Waals surface area contributed by atoms with Gasteiger partial charge in [0.15, 0.2) is 8.32 Å². The molecule has 0 bridgehead atoms. The Morgan fingerprint density at radius 2 is 1.30 bits per heavy atom. The summed E-state index contributed by atoms with van der Waals surface area (Å²) in [5.74, 6) is 0. The number of hydrogen-bond acceptors (Lipinski definition) is 1. The van der Waals surface area contributed by atoms with Crippen molar-refractivity contribution in [1.82, 2.24) is 0 Å². The Bertz CT molecular complexity index is 244. The van der Waals surface area contributed by atoms with E-state index in [2.05, 4.69) is 39.3 Å². The average Bonchev–Trinajstić information content (AvgIpc) is 2.28. The Balaban J connectivity index is 3.41. The summed E-state index contributed by atoms with van der Waals surface area (Å²) in [6, 6.07) is 0. The highest BCUT2D eigenvalue weighted by molar-refractivity contribution is 6.92. The van der Waals surface area contributed by atoms with Crippen LogP contribution in [-0.4, -0.2) is 23.0 Å². The molecule has 0 aromatic carbocycles. The molecule has 0 fully saturated rings. The first-order valence-corrected chi connectivity index (χ1v) is 15.3. The van der Waals surface area contributed by atoms with Crippen molar-refractivity contribution in [1.29, 1.82) is 0 Å². The lowest BCUT2D eigenvalue weighted by Crippen LogP contribution is -2.40. The quantitative estimate of drug-likeness (QED) is 0.217. The van der Waals surface area contributed by atoms with Gasteiger partial charge in [0.1, 0.15) is 0 Å². The van der Waals surface area contributed by atoms with Crippen molar-refractivity contribution >= 4 is 16.4 Å². The zero-order chi connectivity index (χ0) is 15.5. The van der Waals surface area contributed by atoms with Crippen LogP contribution in [-0.2, 0) is 4.43 Å². The first kappa shape index (κ1) is 20.1. The maximum absolute atomic E-state index is 6.23. The summed E-state index contributed by atoms with van der Waals surface area (Å²) in [5.41, 5.74) is 1.39. The lowest BCUT2D eigenvalue weighted by molar-refractivity contribution is 0.296. The fourth-order valence-corrected chi connectivity index (χ4v) is 14.3. The Morgan fingerprint density at radius 1 is 0.800 bits per heavy atom. The average molecular weight is 315 g/mol. The molecule has 0 aliphatic rings. The molecule has 0 saturated heterocycles. The van der Waals surface area contributed by atoms with Gasteiger partial charge in [-0.25, -0.2) is 0 Å². The molecule has 0 aromatic rings. The molecule has 1 nitrogen and oxygen atoms in total. The van der Waals surface area contributed by atoms with E-state index in [9.17, 15) is 0 Å². The Labute approximate surface area is 130 Å². The number of rotatable bonds is 13. The number of unbranched alkanes of at least 4 members (excludes halogenated alkanes) is 7. The summed E-state index contributed by atoms with van der Waals surface area (Å²) in [4.78, 5) is 0.